The number of nitrogen functional groups attached to an aromatic ring is 1. The van der Waals surface area contributed by atoms with Crippen molar-refractivity contribution in [3.8, 4) is 11.5 Å². The molecule has 2 aromatic rings. The van der Waals surface area contributed by atoms with Crippen LogP contribution in [0.1, 0.15) is 34.6 Å². The van der Waals surface area contributed by atoms with Crippen molar-refractivity contribution in [3.05, 3.63) is 41.2 Å². The summed E-state index contributed by atoms with van der Waals surface area (Å²) in [6.45, 7) is 4.13. The van der Waals surface area contributed by atoms with Gasteiger partial charge in [0.1, 0.15) is 5.69 Å². The Morgan fingerprint density at radius 1 is 1.23 bits per heavy atom. The summed E-state index contributed by atoms with van der Waals surface area (Å²) in [7, 11) is 5.40. The largest absolute Gasteiger partial charge is 0.493 e. The maximum absolute atomic E-state index is 12.9. The highest BCUT2D eigenvalue weighted by Crippen LogP contribution is 2.28. The van der Waals surface area contributed by atoms with Gasteiger partial charge in [0, 0.05) is 31.4 Å². The molecule has 8 heteroatoms. The number of ether oxygens (including phenoxy) is 2. The van der Waals surface area contributed by atoms with Gasteiger partial charge in [-0.2, -0.15) is 0 Å². The average Bonchev–Trinajstić information content (AvgIpc) is 2.76. The third kappa shape index (κ3) is 5.18. The van der Waals surface area contributed by atoms with Gasteiger partial charge < -0.3 is 25.0 Å². The van der Waals surface area contributed by atoms with Gasteiger partial charge in [0.15, 0.2) is 11.5 Å². The number of anilines is 1. The molecule has 1 aromatic carbocycles. The summed E-state index contributed by atoms with van der Waals surface area (Å²) < 4.78 is 10.7. The Balaban J connectivity index is 1.60. The number of aromatic nitrogens is 2. The van der Waals surface area contributed by atoms with Crippen LogP contribution in [0.25, 0.3) is 0 Å². The van der Waals surface area contributed by atoms with Gasteiger partial charge in [-0.05, 0) is 57.0 Å². The van der Waals surface area contributed by atoms with Crippen molar-refractivity contribution in [1.82, 2.24) is 19.8 Å². The maximum Gasteiger partial charge on any atom is 0.272 e. The van der Waals surface area contributed by atoms with Gasteiger partial charge in [0.2, 0.25) is 5.95 Å². The first-order valence-corrected chi connectivity index (χ1v) is 10.2. The predicted octanol–water partition coefficient (Wildman–Crippen LogP) is 2.16. The zero-order valence-electron chi connectivity index (χ0n) is 18.2. The van der Waals surface area contributed by atoms with E-state index in [-0.39, 0.29) is 11.9 Å². The first-order chi connectivity index (χ1) is 14.4. The summed E-state index contributed by atoms with van der Waals surface area (Å²) in [5.41, 5.74) is 7.98. The fourth-order valence-electron chi connectivity index (χ4n) is 3.89. The number of amides is 1. The number of carbonyl (C=O) groups excluding carboxylic acids is 1. The number of hydrogen-bond acceptors (Lipinski definition) is 7. The molecule has 0 aliphatic carbocycles. The number of piperidine rings is 1. The monoisotopic (exact) mass is 413 g/mol. The van der Waals surface area contributed by atoms with Crippen LogP contribution in [-0.2, 0) is 6.42 Å². The van der Waals surface area contributed by atoms with Crippen LogP contribution in [0.3, 0.4) is 0 Å². The van der Waals surface area contributed by atoms with Crippen molar-refractivity contribution in [2.45, 2.75) is 32.2 Å². The van der Waals surface area contributed by atoms with E-state index in [2.05, 4.69) is 28.0 Å². The first-order valence-electron chi connectivity index (χ1n) is 10.2. The second kappa shape index (κ2) is 9.75. The van der Waals surface area contributed by atoms with Crippen LogP contribution >= 0.6 is 0 Å². The minimum absolute atomic E-state index is 0.0785. The SMILES string of the molecule is COc1ccc(CCN(C)[C@H]2CCCN(C(=O)c3cc(C)nc(N)n3)C2)cc1OC. The standard InChI is InChI=1S/C22H31N5O3/c1-15-12-18(25-22(23)24-15)21(28)27-10-5-6-17(14-27)26(2)11-9-16-7-8-19(29-3)20(13-16)30-4/h7-8,12-13,17H,5-6,9-11,14H2,1-4H3,(H2,23,24,25)/t17-/m0/s1. The van der Waals surface area contributed by atoms with Gasteiger partial charge >= 0.3 is 0 Å². The number of benzene rings is 1. The molecule has 1 saturated heterocycles. The minimum atomic E-state index is -0.0785. The van der Waals surface area contributed by atoms with Crippen molar-refractivity contribution < 1.29 is 14.3 Å². The third-order valence-corrected chi connectivity index (χ3v) is 5.60. The number of hydrogen-bond donors (Lipinski definition) is 1. The molecule has 0 radical (unpaired) electrons. The lowest BCUT2D eigenvalue weighted by atomic mass is 10.0. The van der Waals surface area contributed by atoms with Gasteiger partial charge in [-0.25, -0.2) is 9.97 Å². The topological polar surface area (TPSA) is 93.8 Å². The van der Waals surface area contributed by atoms with E-state index in [4.69, 9.17) is 15.2 Å². The molecule has 0 spiro atoms. The quantitative estimate of drug-likeness (QED) is 0.743. The zero-order valence-corrected chi connectivity index (χ0v) is 18.2. The van der Waals surface area contributed by atoms with E-state index in [0.717, 1.165) is 43.9 Å². The van der Waals surface area contributed by atoms with Crippen molar-refractivity contribution in [3.63, 3.8) is 0 Å². The van der Waals surface area contributed by atoms with Crippen LogP contribution < -0.4 is 15.2 Å². The molecule has 3 rings (SSSR count). The number of rotatable bonds is 7. The molecule has 162 valence electrons. The number of nitrogens with zero attached hydrogens (tertiary/aromatic N) is 4. The van der Waals surface area contributed by atoms with Crippen LogP contribution in [0, 0.1) is 6.92 Å². The Bertz CT molecular complexity index is 869. The number of nitrogens with two attached hydrogens (primary N) is 1. The summed E-state index contributed by atoms with van der Waals surface area (Å²) in [6, 6.07) is 8.02. The first kappa shape index (κ1) is 21.8. The lowest BCUT2D eigenvalue weighted by Crippen LogP contribution is -2.49. The second-order valence-electron chi connectivity index (χ2n) is 7.72. The molecular weight excluding hydrogens is 382 g/mol. The van der Waals surface area contributed by atoms with Crippen molar-refractivity contribution in [2.75, 3.05) is 46.6 Å². The molecule has 1 atom stereocenters. The van der Waals surface area contributed by atoms with E-state index in [0.29, 0.717) is 24.0 Å². The fourth-order valence-corrected chi connectivity index (χ4v) is 3.89. The molecule has 1 aliphatic heterocycles. The maximum atomic E-state index is 12.9. The number of likely N-dealkylation sites (tertiary alicyclic amines) is 1. The van der Waals surface area contributed by atoms with Crippen molar-refractivity contribution in [1.29, 1.82) is 0 Å². The fraction of sp³-hybridized carbons (Fsp3) is 0.500. The van der Waals surface area contributed by atoms with Crippen LogP contribution in [0.4, 0.5) is 5.95 Å². The minimum Gasteiger partial charge on any atom is -0.493 e. The molecule has 30 heavy (non-hydrogen) atoms. The molecular formula is C22H31N5O3. The summed E-state index contributed by atoms with van der Waals surface area (Å²) in [5.74, 6) is 1.53. The molecule has 0 unspecified atom stereocenters. The Morgan fingerprint density at radius 2 is 2.00 bits per heavy atom. The highest BCUT2D eigenvalue weighted by molar-refractivity contribution is 5.92. The molecule has 1 aromatic heterocycles. The van der Waals surface area contributed by atoms with E-state index < -0.39 is 0 Å². The Hall–Kier alpha value is -2.87. The van der Waals surface area contributed by atoms with Gasteiger partial charge in [-0.15, -0.1) is 0 Å². The van der Waals surface area contributed by atoms with E-state index >= 15 is 0 Å². The van der Waals surface area contributed by atoms with Gasteiger partial charge in [-0.3, -0.25) is 4.79 Å². The highest BCUT2D eigenvalue weighted by atomic mass is 16.5. The number of likely N-dealkylation sites (N-methyl/N-ethyl adjacent to an activating group) is 1. The third-order valence-electron chi connectivity index (χ3n) is 5.60. The summed E-state index contributed by atoms with van der Waals surface area (Å²) in [6.07, 6.45) is 2.93. The van der Waals surface area contributed by atoms with Crippen LogP contribution in [-0.4, -0.2) is 72.6 Å². The Kier molecular flexibility index (Phi) is 7.10. The van der Waals surface area contributed by atoms with Crippen LogP contribution in [0.15, 0.2) is 24.3 Å². The van der Waals surface area contributed by atoms with Crippen molar-refractivity contribution in [2.24, 2.45) is 0 Å². The number of aryl methyl sites for hydroxylation is 1. The van der Waals surface area contributed by atoms with Gasteiger partial charge in [0.05, 0.1) is 14.2 Å². The Morgan fingerprint density at radius 3 is 2.70 bits per heavy atom. The van der Waals surface area contributed by atoms with Gasteiger partial charge in [0.25, 0.3) is 5.91 Å². The molecule has 8 nitrogen and oxygen atoms in total. The summed E-state index contributed by atoms with van der Waals surface area (Å²) in [5, 5.41) is 0. The molecule has 2 N–H and O–H groups in total. The molecule has 0 bridgehead atoms. The predicted molar refractivity (Wildman–Crippen MR) is 116 cm³/mol. The molecule has 1 fully saturated rings. The normalized spacial score (nSPS) is 16.6. The average molecular weight is 414 g/mol. The molecule has 1 amide bonds. The summed E-state index contributed by atoms with van der Waals surface area (Å²) >= 11 is 0. The van der Waals surface area contributed by atoms with Crippen molar-refractivity contribution >= 4 is 11.9 Å². The zero-order chi connectivity index (χ0) is 21.7. The van der Waals surface area contributed by atoms with Crippen LogP contribution in [0.2, 0.25) is 0 Å². The van der Waals surface area contributed by atoms with Gasteiger partial charge in [-0.1, -0.05) is 6.07 Å². The lowest BCUT2D eigenvalue weighted by molar-refractivity contribution is 0.0606. The Labute approximate surface area is 178 Å². The number of carbonyl (C=O) groups is 1. The number of methoxy groups -OCH3 is 2. The van der Waals surface area contributed by atoms with E-state index in [1.807, 2.05) is 24.0 Å². The lowest BCUT2D eigenvalue weighted by Gasteiger charge is -2.37. The van der Waals surface area contributed by atoms with Crippen LogP contribution in [0.5, 0.6) is 11.5 Å². The van der Waals surface area contributed by atoms with E-state index in [1.54, 1.807) is 20.3 Å². The smallest absolute Gasteiger partial charge is 0.272 e. The summed E-state index contributed by atoms with van der Waals surface area (Å²) in [4.78, 5) is 25.3. The molecule has 2 heterocycles. The molecule has 1 aliphatic rings. The second-order valence-corrected chi connectivity index (χ2v) is 7.72. The van der Waals surface area contributed by atoms with E-state index in [1.165, 1.54) is 5.56 Å². The van der Waals surface area contributed by atoms with E-state index in [9.17, 15) is 4.79 Å². The molecule has 0 saturated carbocycles. The highest BCUT2D eigenvalue weighted by Gasteiger charge is 2.27.